The fourth-order valence-electron chi connectivity index (χ4n) is 3.48. The van der Waals surface area contributed by atoms with E-state index in [2.05, 4.69) is 10.3 Å². The van der Waals surface area contributed by atoms with Crippen molar-refractivity contribution in [3.63, 3.8) is 0 Å². The summed E-state index contributed by atoms with van der Waals surface area (Å²) in [5.41, 5.74) is 3.12. The van der Waals surface area contributed by atoms with Crippen LogP contribution in [0.5, 0.6) is 11.5 Å². The van der Waals surface area contributed by atoms with Crippen LogP contribution in [0.25, 0.3) is 10.9 Å². The van der Waals surface area contributed by atoms with Crippen molar-refractivity contribution >= 4 is 22.4 Å². The molecule has 29 heavy (non-hydrogen) atoms. The highest BCUT2D eigenvalue weighted by molar-refractivity contribution is 6.12. The van der Waals surface area contributed by atoms with Crippen molar-refractivity contribution in [1.82, 2.24) is 4.98 Å². The average molecular weight is 386 g/mol. The first-order valence-electron chi connectivity index (χ1n) is 9.35. The number of rotatable bonds is 7. The number of H-pyrrole nitrogens is 1. The van der Waals surface area contributed by atoms with Crippen molar-refractivity contribution in [2.75, 3.05) is 19.5 Å². The van der Waals surface area contributed by atoms with Gasteiger partial charge in [-0.25, -0.2) is 0 Å². The number of aromatic amines is 1. The molecule has 0 aliphatic carbocycles. The number of methoxy groups -OCH3 is 2. The molecular formula is C24H22N2O3. The van der Waals surface area contributed by atoms with Gasteiger partial charge in [-0.15, -0.1) is 0 Å². The number of hydrogen-bond donors (Lipinski definition) is 2. The Hall–Kier alpha value is -3.73. The Morgan fingerprint density at radius 3 is 2.48 bits per heavy atom. The zero-order chi connectivity index (χ0) is 20.2. The predicted molar refractivity (Wildman–Crippen MR) is 115 cm³/mol. The summed E-state index contributed by atoms with van der Waals surface area (Å²) < 4.78 is 10.7. The van der Waals surface area contributed by atoms with Crippen LogP contribution in [0.2, 0.25) is 0 Å². The van der Waals surface area contributed by atoms with Gasteiger partial charge < -0.3 is 19.8 Å². The lowest BCUT2D eigenvalue weighted by atomic mass is 9.96. The zero-order valence-corrected chi connectivity index (χ0v) is 16.3. The highest BCUT2D eigenvalue weighted by Crippen LogP contribution is 2.31. The lowest BCUT2D eigenvalue weighted by molar-refractivity contribution is 0.0971. The Labute approximate surface area is 169 Å². The predicted octanol–water partition coefficient (Wildman–Crippen LogP) is 5.22. The quantitative estimate of drug-likeness (QED) is 0.427. The number of nitrogens with one attached hydrogen (secondary N) is 2. The van der Waals surface area contributed by atoms with Crippen molar-refractivity contribution in [1.29, 1.82) is 0 Å². The monoisotopic (exact) mass is 386 g/mol. The van der Waals surface area contributed by atoms with Gasteiger partial charge in [-0.3, -0.25) is 4.79 Å². The third-order valence-electron chi connectivity index (χ3n) is 4.94. The van der Waals surface area contributed by atoms with E-state index in [0.29, 0.717) is 11.3 Å². The standard InChI is InChI=1S/C24H22N2O3/c1-28-18-11-6-10-17(14-18)26-22(16-8-4-3-5-9-16)24(27)20-15-25-23-19(20)12-7-13-21(23)29-2/h3-15,22,25-26H,1-2H3. The molecule has 0 radical (unpaired) electrons. The Morgan fingerprint density at radius 2 is 1.72 bits per heavy atom. The molecule has 0 bridgehead atoms. The summed E-state index contributed by atoms with van der Waals surface area (Å²) in [6.45, 7) is 0. The van der Waals surface area contributed by atoms with Gasteiger partial charge in [-0.1, -0.05) is 48.5 Å². The molecule has 0 saturated heterocycles. The van der Waals surface area contributed by atoms with E-state index < -0.39 is 6.04 Å². The molecule has 3 aromatic carbocycles. The van der Waals surface area contributed by atoms with Crippen LogP contribution < -0.4 is 14.8 Å². The van der Waals surface area contributed by atoms with Gasteiger partial charge in [-0.2, -0.15) is 0 Å². The number of carbonyl (C=O) groups is 1. The number of ether oxygens (including phenoxy) is 2. The minimum atomic E-state index is -0.548. The summed E-state index contributed by atoms with van der Waals surface area (Å²) in [6.07, 6.45) is 1.75. The first-order chi connectivity index (χ1) is 14.2. The largest absolute Gasteiger partial charge is 0.497 e. The van der Waals surface area contributed by atoms with Gasteiger partial charge in [0.05, 0.1) is 19.7 Å². The summed E-state index contributed by atoms with van der Waals surface area (Å²) in [6, 6.07) is 22.4. The van der Waals surface area contributed by atoms with Crippen molar-refractivity contribution in [3.05, 3.63) is 90.1 Å². The molecule has 0 aliphatic heterocycles. The number of carbonyl (C=O) groups excluding carboxylic acids is 1. The lowest BCUT2D eigenvalue weighted by Gasteiger charge is -2.19. The molecule has 5 heteroatoms. The van der Waals surface area contributed by atoms with Crippen LogP contribution in [0.1, 0.15) is 22.0 Å². The molecule has 4 rings (SSSR count). The summed E-state index contributed by atoms with van der Waals surface area (Å²) in [5, 5.41) is 4.21. The van der Waals surface area contributed by atoms with Crippen molar-refractivity contribution < 1.29 is 14.3 Å². The third kappa shape index (κ3) is 3.67. The van der Waals surface area contributed by atoms with Crippen molar-refractivity contribution in [2.24, 2.45) is 0 Å². The minimum absolute atomic E-state index is 0.0291. The molecule has 1 unspecified atom stereocenters. The maximum atomic E-state index is 13.6. The minimum Gasteiger partial charge on any atom is -0.497 e. The molecule has 2 N–H and O–H groups in total. The van der Waals surface area contributed by atoms with Crippen LogP contribution >= 0.6 is 0 Å². The van der Waals surface area contributed by atoms with Crippen molar-refractivity contribution in [3.8, 4) is 11.5 Å². The van der Waals surface area contributed by atoms with E-state index in [0.717, 1.165) is 27.9 Å². The van der Waals surface area contributed by atoms with Gasteiger partial charge in [0.25, 0.3) is 0 Å². The van der Waals surface area contributed by atoms with E-state index in [4.69, 9.17) is 9.47 Å². The molecule has 0 spiro atoms. The molecule has 4 aromatic rings. The van der Waals surface area contributed by atoms with Gasteiger partial charge in [0.2, 0.25) is 0 Å². The number of anilines is 1. The normalized spacial score (nSPS) is 11.8. The van der Waals surface area contributed by atoms with Crippen molar-refractivity contribution in [2.45, 2.75) is 6.04 Å². The molecule has 5 nitrogen and oxygen atoms in total. The first kappa shape index (κ1) is 18.6. The third-order valence-corrected chi connectivity index (χ3v) is 4.94. The summed E-state index contributed by atoms with van der Waals surface area (Å²) >= 11 is 0. The van der Waals surface area contributed by atoms with Crippen LogP contribution in [0.4, 0.5) is 5.69 Å². The van der Waals surface area contributed by atoms with E-state index in [1.807, 2.05) is 72.8 Å². The average Bonchev–Trinajstić information content (AvgIpc) is 3.22. The van der Waals surface area contributed by atoms with Crippen LogP contribution in [0.15, 0.2) is 79.0 Å². The molecule has 1 heterocycles. The molecular weight excluding hydrogens is 364 g/mol. The Bertz CT molecular complexity index is 1140. The second kappa shape index (κ2) is 8.10. The molecule has 0 saturated carbocycles. The molecule has 146 valence electrons. The van der Waals surface area contributed by atoms with Crippen LogP contribution in [0, 0.1) is 0 Å². The van der Waals surface area contributed by atoms with E-state index in [9.17, 15) is 4.79 Å². The van der Waals surface area contributed by atoms with Gasteiger partial charge >= 0.3 is 0 Å². The molecule has 0 amide bonds. The van der Waals surface area contributed by atoms with Crippen LogP contribution in [-0.2, 0) is 0 Å². The second-order valence-corrected chi connectivity index (χ2v) is 6.67. The smallest absolute Gasteiger partial charge is 0.191 e. The SMILES string of the molecule is COc1cccc(NC(C(=O)c2c[nH]c3c(OC)cccc23)c2ccccc2)c1. The number of para-hydroxylation sites is 1. The number of Topliss-reactive ketones (excluding diaryl/α,β-unsaturated/α-hetero) is 1. The maximum absolute atomic E-state index is 13.6. The first-order valence-corrected chi connectivity index (χ1v) is 9.35. The number of benzene rings is 3. The summed E-state index contributed by atoms with van der Waals surface area (Å²) in [5.74, 6) is 1.41. The Morgan fingerprint density at radius 1 is 0.931 bits per heavy atom. The Balaban J connectivity index is 1.76. The lowest BCUT2D eigenvalue weighted by Crippen LogP contribution is -2.21. The molecule has 1 aromatic heterocycles. The van der Waals surface area contributed by atoms with Crippen LogP contribution in [-0.4, -0.2) is 25.0 Å². The summed E-state index contributed by atoms with van der Waals surface area (Å²) in [4.78, 5) is 16.8. The van der Waals surface area contributed by atoms with Gasteiger partial charge in [-0.05, 0) is 23.8 Å². The number of fused-ring (bicyclic) bond motifs is 1. The topological polar surface area (TPSA) is 63.3 Å². The highest BCUT2D eigenvalue weighted by atomic mass is 16.5. The fourth-order valence-corrected chi connectivity index (χ4v) is 3.48. The van der Waals surface area contributed by atoms with Gasteiger partial charge in [0.1, 0.15) is 17.5 Å². The number of hydrogen-bond acceptors (Lipinski definition) is 4. The van der Waals surface area contributed by atoms with Gasteiger partial charge in [0, 0.05) is 28.9 Å². The molecule has 0 fully saturated rings. The Kier molecular flexibility index (Phi) is 5.20. The zero-order valence-electron chi connectivity index (χ0n) is 16.3. The number of aromatic nitrogens is 1. The van der Waals surface area contributed by atoms with E-state index in [1.165, 1.54) is 0 Å². The van der Waals surface area contributed by atoms with Crippen LogP contribution in [0.3, 0.4) is 0 Å². The second-order valence-electron chi connectivity index (χ2n) is 6.67. The van der Waals surface area contributed by atoms with E-state index in [1.54, 1.807) is 20.4 Å². The van der Waals surface area contributed by atoms with E-state index in [-0.39, 0.29) is 5.78 Å². The molecule has 1 atom stereocenters. The fraction of sp³-hybridized carbons (Fsp3) is 0.125. The highest BCUT2D eigenvalue weighted by Gasteiger charge is 2.25. The molecule has 0 aliphatic rings. The summed E-state index contributed by atoms with van der Waals surface area (Å²) in [7, 11) is 3.24. The maximum Gasteiger partial charge on any atom is 0.191 e. The van der Waals surface area contributed by atoms with E-state index >= 15 is 0 Å². The van der Waals surface area contributed by atoms with Gasteiger partial charge in [0.15, 0.2) is 5.78 Å². The number of ketones is 1.